The van der Waals surface area contributed by atoms with Gasteiger partial charge in [-0.25, -0.2) is 4.98 Å². The molecule has 1 saturated carbocycles. The van der Waals surface area contributed by atoms with Gasteiger partial charge in [0.15, 0.2) is 0 Å². The first-order valence-corrected chi connectivity index (χ1v) is 3.96. The van der Waals surface area contributed by atoms with Crippen LogP contribution in [0.3, 0.4) is 0 Å². The minimum absolute atomic E-state index is 0.108. The fourth-order valence-electron chi connectivity index (χ4n) is 1.45. The first-order chi connectivity index (χ1) is 5.33. The summed E-state index contributed by atoms with van der Waals surface area (Å²) in [6.45, 7) is 2.09. The molecule has 0 spiro atoms. The quantitative estimate of drug-likeness (QED) is 0.687. The summed E-state index contributed by atoms with van der Waals surface area (Å²) in [6, 6.07) is 0.625. The highest BCUT2D eigenvalue weighted by Gasteiger charge is 2.26. The van der Waals surface area contributed by atoms with Gasteiger partial charge in [-0.3, -0.25) is 0 Å². The highest BCUT2D eigenvalue weighted by Crippen LogP contribution is 2.36. The third-order valence-electron chi connectivity index (χ3n) is 2.13. The van der Waals surface area contributed by atoms with Crippen molar-refractivity contribution in [3.05, 3.63) is 17.7 Å². The van der Waals surface area contributed by atoms with E-state index < -0.39 is 0 Å². The van der Waals surface area contributed by atoms with Crippen LogP contribution in [0.1, 0.15) is 30.4 Å². The van der Waals surface area contributed by atoms with Crippen LogP contribution in [0, 0.1) is 6.92 Å². The third-order valence-corrected chi connectivity index (χ3v) is 2.13. The summed E-state index contributed by atoms with van der Waals surface area (Å²) in [5, 5.41) is 8.95. The molecule has 1 aliphatic rings. The maximum Gasteiger partial charge on any atom is 0.106 e. The molecule has 0 saturated heterocycles. The number of hydrogen-bond acceptors (Lipinski definition) is 2. The Kier molecular flexibility index (Phi) is 1.46. The Labute approximate surface area is 65.7 Å². The number of rotatable bonds is 2. The van der Waals surface area contributed by atoms with E-state index in [4.69, 9.17) is 5.11 Å². The Morgan fingerprint density at radius 2 is 2.45 bits per heavy atom. The minimum Gasteiger partial charge on any atom is -0.390 e. The van der Waals surface area contributed by atoms with Crippen LogP contribution in [0.5, 0.6) is 0 Å². The molecule has 11 heavy (non-hydrogen) atoms. The Morgan fingerprint density at radius 3 is 3.00 bits per heavy atom. The van der Waals surface area contributed by atoms with Crippen molar-refractivity contribution in [2.24, 2.45) is 0 Å². The molecule has 0 atom stereocenters. The first-order valence-electron chi connectivity index (χ1n) is 3.96. The van der Waals surface area contributed by atoms with Crippen LogP contribution in [0.2, 0.25) is 0 Å². The van der Waals surface area contributed by atoms with E-state index >= 15 is 0 Å². The fourth-order valence-corrected chi connectivity index (χ4v) is 1.45. The number of aromatic nitrogens is 2. The number of aliphatic hydroxyl groups excluding tert-OH is 1. The van der Waals surface area contributed by atoms with E-state index in [1.807, 2.05) is 6.92 Å². The van der Waals surface area contributed by atoms with E-state index in [2.05, 4.69) is 9.55 Å². The van der Waals surface area contributed by atoms with Gasteiger partial charge in [0, 0.05) is 6.04 Å². The van der Waals surface area contributed by atoms with E-state index in [1.54, 1.807) is 6.20 Å². The molecular weight excluding hydrogens is 140 g/mol. The van der Waals surface area contributed by atoms with Gasteiger partial charge in [-0.15, -0.1) is 0 Å². The number of hydrogen-bond donors (Lipinski definition) is 1. The van der Waals surface area contributed by atoms with E-state index in [0.29, 0.717) is 6.04 Å². The van der Waals surface area contributed by atoms with Gasteiger partial charge in [-0.05, 0) is 19.8 Å². The van der Waals surface area contributed by atoms with Crippen LogP contribution in [0.4, 0.5) is 0 Å². The Morgan fingerprint density at radius 1 is 1.73 bits per heavy atom. The molecule has 1 heterocycles. The van der Waals surface area contributed by atoms with Crippen LogP contribution >= 0.6 is 0 Å². The summed E-state index contributed by atoms with van der Waals surface area (Å²) in [7, 11) is 0. The third kappa shape index (κ3) is 1.05. The van der Waals surface area contributed by atoms with Gasteiger partial charge < -0.3 is 9.67 Å². The van der Waals surface area contributed by atoms with Gasteiger partial charge in [0.2, 0.25) is 0 Å². The molecular formula is C8H12N2O. The van der Waals surface area contributed by atoms with E-state index in [-0.39, 0.29) is 6.61 Å². The summed E-state index contributed by atoms with van der Waals surface area (Å²) in [5.74, 6) is 1.02. The van der Waals surface area contributed by atoms with Crippen LogP contribution in [-0.2, 0) is 6.61 Å². The lowest BCUT2D eigenvalue weighted by molar-refractivity contribution is 0.270. The number of aryl methyl sites for hydroxylation is 1. The Bertz CT molecular complexity index is 263. The SMILES string of the molecule is Cc1ncc(CO)n1C1CC1. The topological polar surface area (TPSA) is 38.1 Å². The molecule has 1 fully saturated rings. The van der Waals surface area contributed by atoms with Gasteiger partial charge in [0.25, 0.3) is 0 Å². The van der Waals surface area contributed by atoms with E-state index in [1.165, 1.54) is 12.8 Å². The lowest BCUT2D eigenvalue weighted by Crippen LogP contribution is -2.01. The zero-order chi connectivity index (χ0) is 7.84. The zero-order valence-electron chi connectivity index (χ0n) is 6.62. The maximum atomic E-state index is 8.95. The molecule has 0 radical (unpaired) electrons. The number of nitrogens with zero attached hydrogens (tertiary/aromatic N) is 2. The highest BCUT2D eigenvalue weighted by molar-refractivity contribution is 5.07. The monoisotopic (exact) mass is 152 g/mol. The molecule has 1 N–H and O–H groups in total. The van der Waals surface area contributed by atoms with Crippen LogP contribution < -0.4 is 0 Å². The lowest BCUT2D eigenvalue weighted by Gasteiger charge is -2.05. The van der Waals surface area contributed by atoms with Gasteiger partial charge in [0.05, 0.1) is 18.5 Å². The molecule has 0 amide bonds. The van der Waals surface area contributed by atoms with Crippen molar-refractivity contribution in [2.75, 3.05) is 0 Å². The van der Waals surface area contributed by atoms with Crippen LogP contribution in [0.25, 0.3) is 0 Å². The van der Waals surface area contributed by atoms with Crippen molar-refractivity contribution in [2.45, 2.75) is 32.4 Å². The number of aliphatic hydroxyl groups is 1. The zero-order valence-corrected chi connectivity index (χ0v) is 6.62. The normalized spacial score (nSPS) is 17.3. The number of imidazole rings is 1. The largest absolute Gasteiger partial charge is 0.390 e. The average Bonchev–Trinajstić information content (AvgIpc) is 2.76. The van der Waals surface area contributed by atoms with Crippen molar-refractivity contribution in [1.29, 1.82) is 0 Å². The molecule has 0 aromatic carbocycles. The molecule has 1 aromatic rings. The molecule has 1 aliphatic carbocycles. The smallest absolute Gasteiger partial charge is 0.106 e. The van der Waals surface area contributed by atoms with Crippen LogP contribution in [0.15, 0.2) is 6.20 Å². The highest BCUT2D eigenvalue weighted by atomic mass is 16.3. The van der Waals surface area contributed by atoms with Crippen molar-refractivity contribution in [1.82, 2.24) is 9.55 Å². The van der Waals surface area contributed by atoms with Crippen molar-refractivity contribution < 1.29 is 5.11 Å². The predicted molar refractivity (Wildman–Crippen MR) is 41.2 cm³/mol. The van der Waals surface area contributed by atoms with Gasteiger partial charge in [-0.1, -0.05) is 0 Å². The van der Waals surface area contributed by atoms with E-state index in [9.17, 15) is 0 Å². The summed E-state index contributed by atoms with van der Waals surface area (Å²) in [6.07, 6.45) is 4.24. The fraction of sp³-hybridized carbons (Fsp3) is 0.625. The first kappa shape index (κ1) is 6.85. The molecule has 0 unspecified atom stereocenters. The molecule has 1 aromatic heterocycles. The molecule has 60 valence electrons. The molecule has 0 bridgehead atoms. The molecule has 0 aliphatic heterocycles. The average molecular weight is 152 g/mol. The molecule has 2 rings (SSSR count). The molecule has 3 nitrogen and oxygen atoms in total. The van der Waals surface area contributed by atoms with Gasteiger partial charge in [0.1, 0.15) is 5.82 Å². The van der Waals surface area contributed by atoms with Gasteiger partial charge in [-0.2, -0.15) is 0 Å². The van der Waals surface area contributed by atoms with Crippen molar-refractivity contribution in [3.63, 3.8) is 0 Å². The van der Waals surface area contributed by atoms with Crippen molar-refractivity contribution in [3.8, 4) is 0 Å². The lowest BCUT2D eigenvalue weighted by atomic mass is 10.4. The van der Waals surface area contributed by atoms with Gasteiger partial charge >= 0.3 is 0 Å². The second-order valence-electron chi connectivity index (χ2n) is 3.06. The molecule has 3 heteroatoms. The summed E-state index contributed by atoms with van der Waals surface area (Å²) in [5.41, 5.74) is 0.949. The Hall–Kier alpha value is -0.830. The van der Waals surface area contributed by atoms with E-state index in [0.717, 1.165) is 11.5 Å². The minimum atomic E-state index is 0.108. The van der Waals surface area contributed by atoms with Crippen molar-refractivity contribution >= 4 is 0 Å². The Balaban J connectivity index is 2.38. The maximum absolute atomic E-state index is 8.95. The summed E-state index contributed by atoms with van der Waals surface area (Å²) < 4.78 is 2.14. The van der Waals surface area contributed by atoms with Crippen LogP contribution in [-0.4, -0.2) is 14.7 Å². The predicted octanol–water partition coefficient (Wildman–Crippen LogP) is 1.02. The summed E-state index contributed by atoms with van der Waals surface area (Å²) in [4.78, 5) is 4.15. The standard InChI is InChI=1S/C8H12N2O/c1-6-9-4-8(5-11)10(6)7-2-3-7/h4,7,11H,2-3,5H2,1H3. The second-order valence-corrected chi connectivity index (χ2v) is 3.06. The second kappa shape index (κ2) is 2.34. The summed E-state index contributed by atoms with van der Waals surface area (Å²) >= 11 is 0.